The molecule has 0 radical (unpaired) electrons. The van der Waals surface area contributed by atoms with E-state index in [-0.39, 0.29) is 5.91 Å². The number of anilines is 1. The fourth-order valence-electron chi connectivity index (χ4n) is 1.95. The van der Waals surface area contributed by atoms with Crippen molar-refractivity contribution in [3.8, 4) is 11.3 Å². The third-order valence-electron chi connectivity index (χ3n) is 2.93. The first-order valence-electron chi connectivity index (χ1n) is 6.66. The summed E-state index contributed by atoms with van der Waals surface area (Å²) in [7, 11) is 0. The van der Waals surface area contributed by atoms with E-state index in [4.69, 9.17) is 0 Å². The van der Waals surface area contributed by atoms with Crippen LogP contribution in [0.25, 0.3) is 11.3 Å². The minimum atomic E-state index is -0.0877. The number of carbonyl (C=O) groups excluding carboxylic acids is 1. The molecule has 2 N–H and O–H groups in total. The number of imidazole rings is 1. The van der Waals surface area contributed by atoms with Gasteiger partial charge in [0.05, 0.1) is 11.4 Å². The second-order valence-corrected chi connectivity index (χ2v) is 6.41. The number of thiazole rings is 1. The first-order valence-corrected chi connectivity index (χ1v) is 8.53. The van der Waals surface area contributed by atoms with Crippen LogP contribution in [-0.4, -0.2) is 26.6 Å². The molecule has 0 bridgehead atoms. The molecule has 3 rings (SSSR count). The molecule has 112 valence electrons. The zero-order chi connectivity index (χ0) is 15.4. The molecule has 0 saturated heterocycles. The lowest BCUT2D eigenvalue weighted by molar-refractivity contribution is -0.113. The molecule has 22 heavy (non-hydrogen) atoms. The monoisotopic (exact) mass is 330 g/mol. The van der Waals surface area contributed by atoms with Gasteiger partial charge in [-0.15, -0.1) is 11.3 Å². The van der Waals surface area contributed by atoms with E-state index < -0.39 is 0 Å². The average Bonchev–Trinajstić information content (AvgIpc) is 3.16. The van der Waals surface area contributed by atoms with E-state index in [1.807, 2.05) is 42.6 Å². The predicted molar refractivity (Wildman–Crippen MR) is 90.2 cm³/mol. The Labute approximate surface area is 136 Å². The van der Waals surface area contributed by atoms with Crippen molar-refractivity contribution in [1.82, 2.24) is 15.0 Å². The van der Waals surface area contributed by atoms with Crippen molar-refractivity contribution in [1.29, 1.82) is 0 Å². The van der Waals surface area contributed by atoms with Gasteiger partial charge in [-0.3, -0.25) is 4.79 Å². The molecule has 0 aliphatic heterocycles. The molecule has 0 unspecified atom stereocenters. The van der Waals surface area contributed by atoms with Gasteiger partial charge in [0.15, 0.2) is 10.3 Å². The number of hydrogen-bond acceptors (Lipinski definition) is 5. The summed E-state index contributed by atoms with van der Waals surface area (Å²) in [6.07, 6.45) is 1.66. The molecule has 0 aliphatic rings. The maximum absolute atomic E-state index is 11.8. The third-order valence-corrected chi connectivity index (χ3v) is 4.49. The summed E-state index contributed by atoms with van der Waals surface area (Å²) in [4.78, 5) is 23.6. The number of hydrogen-bond donors (Lipinski definition) is 2. The number of amides is 1. The zero-order valence-electron chi connectivity index (χ0n) is 11.9. The number of nitrogens with zero attached hydrogens (tertiary/aromatic N) is 2. The number of nitrogens with one attached hydrogen (secondary N) is 2. The second-order valence-electron chi connectivity index (χ2n) is 4.56. The van der Waals surface area contributed by atoms with E-state index in [0.717, 1.165) is 22.1 Å². The maximum atomic E-state index is 11.8. The minimum absolute atomic E-state index is 0.0877. The summed E-state index contributed by atoms with van der Waals surface area (Å²) in [5, 5.41) is 5.93. The fourth-order valence-corrected chi connectivity index (χ4v) is 3.22. The minimum Gasteiger partial charge on any atom is -0.337 e. The van der Waals surface area contributed by atoms with Crippen LogP contribution in [0.1, 0.15) is 5.69 Å². The predicted octanol–water partition coefficient (Wildman–Crippen LogP) is 3.57. The van der Waals surface area contributed by atoms with E-state index in [9.17, 15) is 4.79 Å². The summed E-state index contributed by atoms with van der Waals surface area (Å²) in [5.41, 5.74) is 2.98. The van der Waals surface area contributed by atoms with Gasteiger partial charge in [-0.1, -0.05) is 42.1 Å². The van der Waals surface area contributed by atoms with E-state index in [1.165, 1.54) is 23.1 Å². The summed E-state index contributed by atoms with van der Waals surface area (Å²) >= 11 is 2.78. The summed E-state index contributed by atoms with van der Waals surface area (Å²) in [5.74, 6) is 0.205. The summed E-state index contributed by atoms with van der Waals surface area (Å²) in [6.45, 7) is 1.98. The molecule has 0 saturated carbocycles. The highest BCUT2D eigenvalue weighted by Gasteiger charge is 2.11. The van der Waals surface area contributed by atoms with Gasteiger partial charge in [0.1, 0.15) is 0 Å². The normalized spacial score (nSPS) is 10.6. The molecular weight excluding hydrogens is 316 g/mol. The van der Waals surface area contributed by atoms with Gasteiger partial charge in [-0.05, 0) is 6.92 Å². The van der Waals surface area contributed by atoms with E-state index in [2.05, 4.69) is 20.3 Å². The van der Waals surface area contributed by atoms with Crippen LogP contribution in [-0.2, 0) is 4.79 Å². The molecule has 2 heterocycles. The molecule has 0 aliphatic carbocycles. The highest BCUT2D eigenvalue weighted by molar-refractivity contribution is 7.99. The average molecular weight is 330 g/mol. The Morgan fingerprint density at radius 2 is 2.18 bits per heavy atom. The van der Waals surface area contributed by atoms with Crippen LogP contribution in [0, 0.1) is 6.92 Å². The molecule has 1 amide bonds. The Hall–Kier alpha value is -2.12. The maximum Gasteiger partial charge on any atom is 0.236 e. The highest BCUT2D eigenvalue weighted by Crippen LogP contribution is 2.25. The molecule has 0 atom stereocenters. The second kappa shape index (κ2) is 6.76. The van der Waals surface area contributed by atoms with Crippen LogP contribution in [0.15, 0.2) is 47.1 Å². The molecule has 7 heteroatoms. The Kier molecular flexibility index (Phi) is 4.55. The number of aromatic amines is 1. The number of rotatable bonds is 5. The molecule has 3 aromatic rings. The summed E-state index contributed by atoms with van der Waals surface area (Å²) in [6, 6.07) is 9.99. The van der Waals surface area contributed by atoms with E-state index in [1.54, 1.807) is 6.20 Å². The SMILES string of the molecule is Cc1[nH]c(SCC(=O)Nc2nccs2)nc1-c1ccccc1. The van der Waals surface area contributed by atoms with Gasteiger partial charge in [-0.25, -0.2) is 9.97 Å². The van der Waals surface area contributed by atoms with E-state index >= 15 is 0 Å². The molecule has 5 nitrogen and oxygen atoms in total. The van der Waals surface area contributed by atoms with E-state index in [0.29, 0.717) is 10.9 Å². The number of H-pyrrole nitrogens is 1. The van der Waals surface area contributed by atoms with Crippen molar-refractivity contribution in [2.45, 2.75) is 12.1 Å². The van der Waals surface area contributed by atoms with Crippen LogP contribution in [0.2, 0.25) is 0 Å². The van der Waals surface area contributed by atoms with Crippen LogP contribution in [0.4, 0.5) is 5.13 Å². The molecule has 1 aromatic carbocycles. The van der Waals surface area contributed by atoms with Crippen molar-refractivity contribution >= 4 is 34.1 Å². The lowest BCUT2D eigenvalue weighted by Gasteiger charge is -1.99. The van der Waals surface area contributed by atoms with Gasteiger partial charge < -0.3 is 10.3 Å². The Balaban J connectivity index is 1.63. The van der Waals surface area contributed by atoms with Crippen LogP contribution >= 0.6 is 23.1 Å². The Morgan fingerprint density at radius 3 is 2.91 bits per heavy atom. The van der Waals surface area contributed by atoms with Gasteiger partial charge in [0.2, 0.25) is 5.91 Å². The zero-order valence-corrected chi connectivity index (χ0v) is 13.5. The number of thioether (sulfide) groups is 1. The number of benzene rings is 1. The number of aromatic nitrogens is 3. The Bertz CT molecular complexity index is 753. The first-order chi connectivity index (χ1) is 10.7. The van der Waals surface area contributed by atoms with Crippen LogP contribution in [0.3, 0.4) is 0 Å². The third kappa shape index (κ3) is 3.55. The number of carbonyl (C=O) groups is 1. The summed E-state index contributed by atoms with van der Waals surface area (Å²) < 4.78 is 0. The standard InChI is InChI=1S/C15H14N4OS2/c1-10-13(11-5-3-2-4-6-11)19-15(17-10)22-9-12(20)18-14-16-7-8-21-14/h2-8H,9H2,1H3,(H,17,19)(H,16,18,20). The van der Waals surface area contributed by atoms with Crippen LogP contribution in [0.5, 0.6) is 0 Å². The Morgan fingerprint density at radius 1 is 1.36 bits per heavy atom. The lowest BCUT2D eigenvalue weighted by atomic mass is 10.1. The largest absolute Gasteiger partial charge is 0.337 e. The van der Waals surface area contributed by atoms with Gasteiger partial charge in [0.25, 0.3) is 0 Å². The van der Waals surface area contributed by atoms with Crippen molar-refractivity contribution in [2.24, 2.45) is 0 Å². The molecular formula is C15H14N4OS2. The van der Waals surface area contributed by atoms with Gasteiger partial charge >= 0.3 is 0 Å². The van der Waals surface area contributed by atoms with Crippen molar-refractivity contribution in [3.05, 3.63) is 47.6 Å². The topological polar surface area (TPSA) is 70.7 Å². The molecule has 0 spiro atoms. The van der Waals surface area contributed by atoms with Gasteiger partial charge in [0, 0.05) is 22.8 Å². The smallest absolute Gasteiger partial charge is 0.236 e. The fraction of sp³-hybridized carbons (Fsp3) is 0.133. The van der Waals surface area contributed by atoms with Crippen molar-refractivity contribution in [3.63, 3.8) is 0 Å². The van der Waals surface area contributed by atoms with Crippen LogP contribution < -0.4 is 5.32 Å². The van der Waals surface area contributed by atoms with Crippen molar-refractivity contribution < 1.29 is 4.79 Å². The lowest BCUT2D eigenvalue weighted by Crippen LogP contribution is -2.13. The van der Waals surface area contributed by atoms with Crippen molar-refractivity contribution in [2.75, 3.05) is 11.1 Å². The highest BCUT2D eigenvalue weighted by atomic mass is 32.2. The molecule has 2 aromatic heterocycles. The molecule has 0 fully saturated rings. The van der Waals surface area contributed by atoms with Gasteiger partial charge in [-0.2, -0.15) is 0 Å². The first kappa shape index (κ1) is 14.8. The quantitative estimate of drug-likeness (QED) is 0.702. The number of aryl methyl sites for hydroxylation is 1.